The van der Waals surface area contributed by atoms with Crippen LogP contribution in [0.25, 0.3) is 0 Å². The van der Waals surface area contributed by atoms with E-state index >= 15 is 0 Å². The molecule has 5 nitrogen and oxygen atoms in total. The van der Waals surface area contributed by atoms with Crippen LogP contribution in [0, 0.1) is 6.92 Å². The first-order chi connectivity index (χ1) is 15.3. The minimum Gasteiger partial charge on any atom is -0.494 e. The van der Waals surface area contributed by atoms with Crippen molar-refractivity contribution in [1.29, 1.82) is 0 Å². The lowest BCUT2D eigenvalue weighted by Gasteiger charge is -2.23. The summed E-state index contributed by atoms with van der Waals surface area (Å²) in [6.45, 7) is 4.73. The molecule has 4 rings (SSSR count). The number of hydrogen-bond donors (Lipinski definition) is 1. The van der Waals surface area contributed by atoms with Crippen LogP contribution in [0.15, 0.2) is 71.2 Å². The average molecular weight is 494 g/mol. The number of hydrogen-bond acceptors (Lipinski definition) is 4. The van der Waals surface area contributed by atoms with Crippen LogP contribution in [0.4, 0.5) is 5.69 Å². The highest BCUT2D eigenvalue weighted by molar-refractivity contribution is 9.10. The summed E-state index contributed by atoms with van der Waals surface area (Å²) in [6.07, 6.45) is -0.340. The number of carbonyl (C=O) groups is 2. The number of halogens is 1. The molecule has 0 fully saturated rings. The zero-order valence-corrected chi connectivity index (χ0v) is 19.6. The number of Topliss-reactive ketones (excluding diaryl/α,β-unsaturated/α-hetero) is 1. The number of carbonyl (C=O) groups excluding carboxylic acids is 2. The van der Waals surface area contributed by atoms with E-state index in [0.717, 1.165) is 15.6 Å². The fourth-order valence-corrected chi connectivity index (χ4v) is 4.33. The van der Waals surface area contributed by atoms with Gasteiger partial charge in [0.2, 0.25) is 0 Å². The summed E-state index contributed by atoms with van der Waals surface area (Å²) in [6, 6.07) is 20.0. The van der Waals surface area contributed by atoms with Crippen molar-refractivity contribution in [2.75, 3.05) is 11.5 Å². The molecule has 0 bridgehead atoms. The van der Waals surface area contributed by atoms with Gasteiger partial charge in [-0.1, -0.05) is 45.8 Å². The molecular formula is C26H24BrNO4. The summed E-state index contributed by atoms with van der Waals surface area (Å²) >= 11 is 3.43. The number of ether oxygens (including phenoxy) is 1. The van der Waals surface area contributed by atoms with Gasteiger partial charge in [0, 0.05) is 15.6 Å². The van der Waals surface area contributed by atoms with Gasteiger partial charge in [0.1, 0.15) is 5.75 Å². The third-order valence-corrected chi connectivity index (χ3v) is 6.15. The molecule has 1 unspecified atom stereocenters. The van der Waals surface area contributed by atoms with Crippen molar-refractivity contribution in [3.8, 4) is 5.75 Å². The quantitative estimate of drug-likeness (QED) is 0.461. The summed E-state index contributed by atoms with van der Waals surface area (Å²) in [4.78, 5) is 28.0. The first-order valence-corrected chi connectivity index (χ1v) is 11.3. The Bertz CT molecular complexity index is 1160. The van der Waals surface area contributed by atoms with Gasteiger partial charge in [0.25, 0.3) is 5.91 Å². The van der Waals surface area contributed by atoms with Crippen LogP contribution in [0.3, 0.4) is 0 Å². The smallest absolute Gasteiger partial charge is 0.264 e. The first kappa shape index (κ1) is 22.2. The van der Waals surface area contributed by atoms with E-state index in [-0.39, 0.29) is 12.2 Å². The molecule has 0 aliphatic carbocycles. The molecule has 0 radical (unpaired) electrons. The summed E-state index contributed by atoms with van der Waals surface area (Å²) in [5.74, 6) is -0.143. The minimum absolute atomic E-state index is 0.313. The van der Waals surface area contributed by atoms with Crippen molar-refractivity contribution in [1.82, 2.24) is 0 Å². The lowest BCUT2D eigenvalue weighted by molar-refractivity contribution is -0.136. The highest BCUT2D eigenvalue weighted by Crippen LogP contribution is 2.44. The standard InChI is InChI=1S/C26H24BrNO4/c1-3-32-21-11-8-19(9-12-21)24(29)15-26(31)22-14-20(27)10-13-23(22)28(25(26)30)16-18-6-4-17(2)5-7-18/h4-14,31H,3,15-16H2,1-2H3. The van der Waals surface area contributed by atoms with Gasteiger partial charge in [0.05, 0.1) is 25.3 Å². The van der Waals surface area contributed by atoms with Crippen molar-refractivity contribution in [2.45, 2.75) is 32.4 Å². The zero-order chi connectivity index (χ0) is 22.9. The molecule has 1 aliphatic rings. The predicted octanol–water partition coefficient (Wildman–Crippen LogP) is 5.16. The van der Waals surface area contributed by atoms with E-state index in [1.165, 1.54) is 0 Å². The van der Waals surface area contributed by atoms with Crippen LogP contribution in [0.5, 0.6) is 5.75 Å². The van der Waals surface area contributed by atoms with Gasteiger partial charge >= 0.3 is 0 Å². The van der Waals surface area contributed by atoms with Gasteiger partial charge < -0.3 is 14.7 Å². The lowest BCUT2D eigenvalue weighted by Crippen LogP contribution is -2.41. The largest absolute Gasteiger partial charge is 0.494 e. The number of ketones is 1. The highest BCUT2D eigenvalue weighted by atomic mass is 79.9. The van der Waals surface area contributed by atoms with E-state index in [0.29, 0.717) is 35.7 Å². The number of amides is 1. The summed E-state index contributed by atoms with van der Waals surface area (Å²) in [7, 11) is 0. The highest BCUT2D eigenvalue weighted by Gasteiger charge is 2.51. The van der Waals surface area contributed by atoms with E-state index in [2.05, 4.69) is 15.9 Å². The van der Waals surface area contributed by atoms with Crippen LogP contribution < -0.4 is 9.64 Å². The number of aliphatic hydroxyl groups is 1. The van der Waals surface area contributed by atoms with Crippen molar-refractivity contribution in [2.24, 2.45) is 0 Å². The Labute approximate surface area is 195 Å². The maximum Gasteiger partial charge on any atom is 0.264 e. The van der Waals surface area contributed by atoms with Crippen LogP contribution in [-0.2, 0) is 16.9 Å². The van der Waals surface area contributed by atoms with E-state index in [1.54, 1.807) is 41.3 Å². The number of rotatable bonds is 7. The molecule has 3 aromatic rings. The Morgan fingerprint density at radius 1 is 1.06 bits per heavy atom. The second-order valence-electron chi connectivity index (χ2n) is 7.96. The number of anilines is 1. The Balaban J connectivity index is 1.65. The first-order valence-electron chi connectivity index (χ1n) is 10.5. The zero-order valence-electron chi connectivity index (χ0n) is 18.0. The Hall–Kier alpha value is -2.96. The van der Waals surface area contributed by atoms with Crippen LogP contribution in [0.2, 0.25) is 0 Å². The SMILES string of the molecule is CCOc1ccc(C(=O)CC2(O)C(=O)N(Cc3ccc(C)cc3)c3ccc(Br)cc32)cc1. The summed E-state index contributed by atoms with van der Waals surface area (Å²) in [5, 5.41) is 11.5. The van der Waals surface area contributed by atoms with Crippen LogP contribution in [0.1, 0.15) is 40.4 Å². The number of aryl methyl sites for hydroxylation is 1. The summed E-state index contributed by atoms with van der Waals surface area (Å²) in [5.41, 5.74) is 1.61. The molecular weight excluding hydrogens is 470 g/mol. The van der Waals surface area contributed by atoms with Gasteiger partial charge in [-0.15, -0.1) is 0 Å². The summed E-state index contributed by atoms with van der Waals surface area (Å²) < 4.78 is 6.15. The molecule has 3 aromatic carbocycles. The molecule has 6 heteroatoms. The molecule has 32 heavy (non-hydrogen) atoms. The van der Waals surface area contributed by atoms with Crippen LogP contribution >= 0.6 is 15.9 Å². The lowest BCUT2D eigenvalue weighted by atomic mass is 9.88. The van der Waals surface area contributed by atoms with Gasteiger partial charge in [-0.2, -0.15) is 0 Å². The topological polar surface area (TPSA) is 66.8 Å². The molecule has 164 valence electrons. The number of nitrogens with zero attached hydrogens (tertiary/aromatic N) is 1. The average Bonchev–Trinajstić information content (AvgIpc) is 2.97. The van der Waals surface area contributed by atoms with E-state index in [1.807, 2.05) is 44.2 Å². The van der Waals surface area contributed by atoms with E-state index in [9.17, 15) is 14.7 Å². The van der Waals surface area contributed by atoms with E-state index in [4.69, 9.17) is 4.74 Å². The molecule has 0 saturated carbocycles. The molecule has 1 aliphatic heterocycles. The third kappa shape index (κ3) is 4.20. The van der Waals surface area contributed by atoms with Gasteiger partial charge in [-0.25, -0.2) is 0 Å². The predicted molar refractivity (Wildman–Crippen MR) is 127 cm³/mol. The van der Waals surface area contributed by atoms with Crippen molar-refractivity contribution < 1.29 is 19.4 Å². The molecule has 1 atom stereocenters. The molecule has 1 amide bonds. The number of benzene rings is 3. The third-order valence-electron chi connectivity index (χ3n) is 5.66. The molecule has 0 saturated heterocycles. The maximum atomic E-state index is 13.5. The van der Waals surface area contributed by atoms with Gasteiger partial charge in [-0.05, 0) is 61.9 Å². The Kier molecular flexibility index (Phi) is 6.17. The Morgan fingerprint density at radius 3 is 2.41 bits per heavy atom. The second-order valence-corrected chi connectivity index (χ2v) is 8.87. The molecule has 0 aromatic heterocycles. The fourth-order valence-electron chi connectivity index (χ4n) is 3.96. The number of fused-ring (bicyclic) bond motifs is 1. The monoisotopic (exact) mass is 493 g/mol. The fraction of sp³-hybridized carbons (Fsp3) is 0.231. The Morgan fingerprint density at radius 2 is 1.75 bits per heavy atom. The van der Waals surface area contributed by atoms with Crippen molar-refractivity contribution >= 4 is 33.3 Å². The van der Waals surface area contributed by atoms with E-state index < -0.39 is 11.5 Å². The van der Waals surface area contributed by atoms with Crippen molar-refractivity contribution in [3.63, 3.8) is 0 Å². The molecule has 1 heterocycles. The normalized spacial score (nSPS) is 17.4. The van der Waals surface area contributed by atoms with Gasteiger partial charge in [0.15, 0.2) is 11.4 Å². The van der Waals surface area contributed by atoms with Crippen molar-refractivity contribution in [3.05, 3.63) is 93.5 Å². The van der Waals surface area contributed by atoms with Gasteiger partial charge in [-0.3, -0.25) is 9.59 Å². The maximum absolute atomic E-state index is 13.5. The molecule has 1 N–H and O–H groups in total. The van der Waals surface area contributed by atoms with Crippen LogP contribution in [-0.4, -0.2) is 23.4 Å². The second kappa shape index (κ2) is 8.88. The molecule has 0 spiro atoms. The minimum atomic E-state index is -1.93.